The number of aryl methyl sites for hydroxylation is 1. The molecule has 0 saturated heterocycles. The van der Waals surface area contributed by atoms with Gasteiger partial charge in [0.25, 0.3) is 0 Å². The second-order valence-electron chi connectivity index (χ2n) is 8.40. The molecule has 0 spiro atoms. The molecular weight excluding hydrogens is 380 g/mol. The van der Waals surface area contributed by atoms with Gasteiger partial charge in [0.15, 0.2) is 0 Å². The smallest absolute Gasteiger partial charge is 0.140 e. The minimum Gasteiger partial charge on any atom is -0.489 e. The quantitative estimate of drug-likeness (QED) is 0.217. The fourth-order valence-electron chi connectivity index (χ4n) is 3.58. The van der Waals surface area contributed by atoms with Gasteiger partial charge in [-0.2, -0.15) is 5.10 Å². The number of hydrazine groups is 2. The van der Waals surface area contributed by atoms with Crippen LogP contribution in [0.15, 0.2) is 22.9 Å². The molecule has 0 aliphatic heterocycles. The predicted molar refractivity (Wildman–Crippen MR) is 122 cm³/mol. The van der Waals surface area contributed by atoms with Crippen LogP contribution in [0.2, 0.25) is 0 Å². The third-order valence-electron chi connectivity index (χ3n) is 5.29. The summed E-state index contributed by atoms with van der Waals surface area (Å²) in [6.07, 6.45) is 6.84. The molecule has 9 heteroatoms. The molecule has 0 bridgehead atoms. The number of ether oxygens (including phenoxy) is 1. The Kier molecular flexibility index (Phi) is 8.73. The minimum atomic E-state index is 0.253. The van der Waals surface area contributed by atoms with Gasteiger partial charge in [-0.25, -0.2) is 16.7 Å². The molecule has 0 unspecified atom stereocenters. The van der Waals surface area contributed by atoms with Crippen molar-refractivity contribution in [3.8, 4) is 5.75 Å². The second-order valence-corrected chi connectivity index (χ2v) is 8.40. The molecule has 1 aliphatic carbocycles. The van der Waals surface area contributed by atoms with Gasteiger partial charge in [0.1, 0.15) is 11.6 Å². The van der Waals surface area contributed by atoms with Crippen LogP contribution in [-0.4, -0.2) is 40.5 Å². The Balaban J connectivity index is 2.21. The lowest BCUT2D eigenvalue weighted by molar-refractivity contribution is 0.153. The molecule has 0 amide bonds. The van der Waals surface area contributed by atoms with Gasteiger partial charge in [0, 0.05) is 13.5 Å². The highest BCUT2D eigenvalue weighted by molar-refractivity contribution is 5.82. The van der Waals surface area contributed by atoms with E-state index in [0.717, 1.165) is 24.3 Å². The summed E-state index contributed by atoms with van der Waals surface area (Å²) in [4.78, 5) is 4.66. The fourth-order valence-corrected chi connectivity index (χ4v) is 3.58. The number of likely N-dealkylation sites (N-methyl/N-ethyl adjacent to an activating group) is 1. The Hall–Kier alpha value is -2.52. The summed E-state index contributed by atoms with van der Waals surface area (Å²) in [6, 6.07) is 3.79. The molecule has 8 N–H and O–H groups in total. The normalized spacial score (nSPS) is 16.4. The van der Waals surface area contributed by atoms with Crippen molar-refractivity contribution in [3.05, 3.63) is 29.2 Å². The topological polar surface area (TPSA) is 145 Å². The maximum Gasteiger partial charge on any atom is 0.140 e. The lowest BCUT2D eigenvalue weighted by atomic mass is 9.98. The average Bonchev–Trinajstić information content (AvgIpc) is 2.71. The molecule has 1 heterocycles. The molecule has 1 aromatic rings. The number of aromatic nitrogens is 1. The van der Waals surface area contributed by atoms with Gasteiger partial charge >= 0.3 is 0 Å². The Bertz CT molecular complexity index is 753. The van der Waals surface area contributed by atoms with Crippen LogP contribution in [0.4, 0.5) is 0 Å². The number of amidine groups is 1. The van der Waals surface area contributed by atoms with E-state index in [4.69, 9.17) is 28.0 Å². The van der Waals surface area contributed by atoms with Crippen LogP contribution in [-0.2, 0) is 0 Å². The van der Waals surface area contributed by atoms with E-state index in [-0.39, 0.29) is 12.6 Å². The summed E-state index contributed by atoms with van der Waals surface area (Å²) in [7, 11) is 1.71. The molecule has 0 radical (unpaired) electrons. The molecule has 0 aromatic carbocycles. The lowest BCUT2D eigenvalue weighted by Crippen LogP contribution is -2.44. The molecular formula is C21H38N8O. The Morgan fingerprint density at radius 3 is 2.43 bits per heavy atom. The average molecular weight is 419 g/mol. The number of hydrazone groups is 1. The summed E-state index contributed by atoms with van der Waals surface area (Å²) in [5, 5.41) is 6.73. The second kappa shape index (κ2) is 11.0. The van der Waals surface area contributed by atoms with Crippen molar-refractivity contribution in [2.75, 3.05) is 13.6 Å². The van der Waals surface area contributed by atoms with E-state index in [1.54, 1.807) is 7.05 Å². The summed E-state index contributed by atoms with van der Waals surface area (Å²) < 4.78 is 6.16. The Morgan fingerprint density at radius 1 is 1.23 bits per heavy atom. The summed E-state index contributed by atoms with van der Waals surface area (Å²) in [5.74, 6) is 19.5. The van der Waals surface area contributed by atoms with Crippen molar-refractivity contribution in [2.45, 2.75) is 65.4 Å². The van der Waals surface area contributed by atoms with E-state index < -0.39 is 0 Å². The highest BCUT2D eigenvalue weighted by atomic mass is 16.5. The van der Waals surface area contributed by atoms with Gasteiger partial charge in [0.05, 0.1) is 35.4 Å². The first-order valence-corrected chi connectivity index (χ1v) is 10.6. The van der Waals surface area contributed by atoms with Crippen LogP contribution < -0.4 is 28.0 Å². The molecule has 0 atom stereocenters. The minimum absolute atomic E-state index is 0.253. The van der Waals surface area contributed by atoms with Crippen LogP contribution in [0.1, 0.15) is 63.8 Å². The largest absolute Gasteiger partial charge is 0.489 e. The predicted octanol–water partition coefficient (Wildman–Crippen LogP) is 2.03. The molecule has 9 nitrogen and oxygen atoms in total. The van der Waals surface area contributed by atoms with Crippen molar-refractivity contribution in [1.29, 1.82) is 0 Å². The van der Waals surface area contributed by atoms with E-state index in [1.807, 2.05) is 19.1 Å². The van der Waals surface area contributed by atoms with Crippen molar-refractivity contribution in [1.82, 2.24) is 15.0 Å². The van der Waals surface area contributed by atoms with Crippen LogP contribution >= 0.6 is 0 Å². The number of nitrogens with zero attached hydrogens (tertiary/aromatic N) is 4. The van der Waals surface area contributed by atoms with Crippen molar-refractivity contribution in [2.24, 2.45) is 34.3 Å². The van der Waals surface area contributed by atoms with Crippen LogP contribution in [0, 0.1) is 12.8 Å². The zero-order valence-electron chi connectivity index (χ0n) is 18.8. The maximum atomic E-state index is 6.44. The zero-order valence-corrected chi connectivity index (χ0v) is 18.8. The van der Waals surface area contributed by atoms with E-state index in [2.05, 4.69) is 23.9 Å². The van der Waals surface area contributed by atoms with Gasteiger partial charge in [-0.05, 0) is 50.7 Å². The Morgan fingerprint density at radius 2 is 1.90 bits per heavy atom. The molecule has 168 valence electrons. The molecule has 1 aliphatic rings. The van der Waals surface area contributed by atoms with E-state index in [0.29, 0.717) is 35.3 Å². The SMILES string of the molecule is Cc1nc(/C(N)=C(\CN(N)/C(CC(C)C)=N\N)N(C)N)ccc1OC1CCCCC1. The van der Waals surface area contributed by atoms with Gasteiger partial charge in [0.2, 0.25) is 0 Å². The number of pyridine rings is 1. The third-order valence-corrected chi connectivity index (χ3v) is 5.29. The van der Waals surface area contributed by atoms with Gasteiger partial charge in [-0.3, -0.25) is 5.01 Å². The standard InChI is InChI=1S/C21H38N8O/c1-14(2)12-20(27-23)29(25)13-18(28(4)24)21(22)17-10-11-19(15(3)26-17)30-16-8-6-5-7-9-16/h10-11,14,16H,5-9,12-13,22-25H2,1-4H3/b21-18-,27-20-. The summed E-state index contributed by atoms with van der Waals surface area (Å²) in [5.41, 5.74) is 8.93. The number of hydrogen-bond acceptors (Lipinski definition) is 8. The van der Waals surface area contributed by atoms with Crippen molar-refractivity contribution >= 4 is 11.5 Å². The van der Waals surface area contributed by atoms with Crippen molar-refractivity contribution in [3.63, 3.8) is 0 Å². The highest BCUT2D eigenvalue weighted by Crippen LogP contribution is 2.26. The van der Waals surface area contributed by atoms with Gasteiger partial charge < -0.3 is 21.3 Å². The summed E-state index contributed by atoms with van der Waals surface area (Å²) >= 11 is 0. The van der Waals surface area contributed by atoms with E-state index in [9.17, 15) is 0 Å². The van der Waals surface area contributed by atoms with Crippen molar-refractivity contribution < 1.29 is 4.74 Å². The highest BCUT2D eigenvalue weighted by Gasteiger charge is 2.19. The maximum absolute atomic E-state index is 6.44. The van der Waals surface area contributed by atoms with Crippen LogP contribution in [0.5, 0.6) is 5.75 Å². The Labute approximate surface area is 180 Å². The number of rotatable bonds is 8. The third kappa shape index (κ3) is 6.50. The first-order chi connectivity index (χ1) is 14.2. The molecule has 1 saturated carbocycles. The molecule has 1 fully saturated rings. The van der Waals surface area contributed by atoms with Crippen LogP contribution in [0.3, 0.4) is 0 Å². The first kappa shape index (κ1) is 23.8. The lowest BCUT2D eigenvalue weighted by Gasteiger charge is -2.27. The van der Waals surface area contributed by atoms with Gasteiger partial charge in [-0.15, -0.1) is 0 Å². The fraction of sp³-hybridized carbons (Fsp3) is 0.619. The first-order valence-electron chi connectivity index (χ1n) is 10.6. The van der Waals surface area contributed by atoms with Gasteiger partial charge in [-0.1, -0.05) is 20.3 Å². The molecule has 1 aromatic heterocycles. The summed E-state index contributed by atoms with van der Waals surface area (Å²) in [6.45, 7) is 6.33. The van der Waals surface area contributed by atoms with E-state index in [1.165, 1.54) is 29.3 Å². The monoisotopic (exact) mass is 418 g/mol. The van der Waals surface area contributed by atoms with E-state index >= 15 is 0 Å². The van der Waals surface area contributed by atoms with Crippen LogP contribution in [0.25, 0.3) is 5.70 Å². The number of nitrogens with two attached hydrogens (primary N) is 4. The molecule has 2 rings (SSSR count). The zero-order chi connectivity index (χ0) is 22.3. The molecule has 30 heavy (non-hydrogen) atoms. The number of hydrogen-bond donors (Lipinski definition) is 4.